The maximum atomic E-state index is 12.8. The van der Waals surface area contributed by atoms with E-state index in [1.165, 1.54) is 13.8 Å². The number of carbonyl (C=O) groups is 1. The summed E-state index contributed by atoms with van der Waals surface area (Å²) in [6, 6.07) is 8.44. The third-order valence-corrected chi connectivity index (χ3v) is 4.74. The number of hydrogen-bond acceptors (Lipinski definition) is 8. The van der Waals surface area contributed by atoms with Gasteiger partial charge in [-0.15, -0.1) is 0 Å². The smallest absolute Gasteiger partial charge is 0.284 e. The van der Waals surface area contributed by atoms with Crippen LogP contribution in [0.25, 0.3) is 11.4 Å². The number of amides is 1. The molecule has 1 amide bonds. The highest BCUT2D eigenvalue weighted by Gasteiger charge is 2.38. The molecule has 11 heteroatoms. The fourth-order valence-electron chi connectivity index (χ4n) is 3.01. The average molecular weight is 447 g/mol. The van der Waals surface area contributed by atoms with Crippen LogP contribution >= 0.6 is 0 Å². The van der Waals surface area contributed by atoms with Gasteiger partial charge in [0.15, 0.2) is 5.82 Å². The molecule has 0 bridgehead atoms. The molecule has 1 heterocycles. The van der Waals surface area contributed by atoms with E-state index in [0.29, 0.717) is 11.1 Å². The van der Waals surface area contributed by atoms with E-state index in [1.807, 2.05) is 6.07 Å². The average Bonchev–Trinajstić information content (AvgIpc) is 2.68. The molecule has 170 valence electrons. The van der Waals surface area contributed by atoms with Gasteiger partial charge in [-0.1, -0.05) is 12.1 Å². The van der Waals surface area contributed by atoms with Crippen LogP contribution in [0.3, 0.4) is 0 Å². The zero-order chi connectivity index (χ0) is 23.5. The predicted molar refractivity (Wildman–Crippen MR) is 109 cm³/mol. The van der Waals surface area contributed by atoms with Crippen LogP contribution in [0.1, 0.15) is 42.6 Å². The number of nitrogens with one attached hydrogen (secondary N) is 1. The minimum Gasteiger partial charge on any atom is -0.474 e. The standard InChI is InChI=1S/C21H23F2N5O4/c1-21(2,30)10-31-28-19(29)15-17(25)26-18(12-5-3-4-11(6-12)9-24)27-20(15)32-14-7-13(8-14)16(22)23/h3-6,13-14,16,30H,7-8,10H2,1-2H3,(H,28,29)(H2,25,26,27)/t13-,14-. The van der Waals surface area contributed by atoms with Crippen LogP contribution in [0.15, 0.2) is 24.3 Å². The fraction of sp³-hybridized carbons (Fsp3) is 0.429. The second-order valence-electron chi connectivity index (χ2n) is 8.14. The van der Waals surface area contributed by atoms with Crippen LogP contribution in [0, 0.1) is 17.2 Å². The van der Waals surface area contributed by atoms with E-state index in [4.69, 9.17) is 20.6 Å². The van der Waals surface area contributed by atoms with Crippen molar-refractivity contribution in [1.82, 2.24) is 15.4 Å². The highest BCUT2D eigenvalue weighted by Crippen LogP contribution is 2.37. The quantitative estimate of drug-likeness (QED) is 0.524. The van der Waals surface area contributed by atoms with Crippen molar-refractivity contribution >= 4 is 11.7 Å². The SMILES string of the molecule is CC(C)(O)CONC(=O)c1c(N)nc(-c2cccc(C#N)c2)nc1O[C@H]1C[C@H](C(F)F)C1. The summed E-state index contributed by atoms with van der Waals surface area (Å²) in [5.74, 6) is -1.89. The zero-order valence-corrected chi connectivity index (χ0v) is 17.5. The lowest BCUT2D eigenvalue weighted by Gasteiger charge is -2.34. The lowest BCUT2D eigenvalue weighted by atomic mass is 9.82. The van der Waals surface area contributed by atoms with Gasteiger partial charge in [0.2, 0.25) is 12.3 Å². The molecule has 0 spiro atoms. The first-order valence-electron chi connectivity index (χ1n) is 9.84. The Balaban J connectivity index is 1.90. The number of aliphatic hydroxyl groups is 1. The van der Waals surface area contributed by atoms with Crippen LogP contribution in [0.2, 0.25) is 0 Å². The molecule has 2 aromatic rings. The number of hydrogen-bond donors (Lipinski definition) is 3. The number of anilines is 1. The van der Waals surface area contributed by atoms with Crippen LogP contribution < -0.4 is 16.0 Å². The molecule has 32 heavy (non-hydrogen) atoms. The number of benzene rings is 1. The van der Waals surface area contributed by atoms with Crippen molar-refractivity contribution in [2.45, 2.75) is 44.8 Å². The number of nitrogens with two attached hydrogens (primary N) is 1. The Kier molecular flexibility index (Phi) is 6.86. The Labute approximate surface area is 183 Å². The van der Waals surface area contributed by atoms with Gasteiger partial charge in [0.05, 0.1) is 17.2 Å². The highest BCUT2D eigenvalue weighted by atomic mass is 19.3. The fourth-order valence-corrected chi connectivity index (χ4v) is 3.01. The molecule has 1 aromatic heterocycles. The first-order valence-corrected chi connectivity index (χ1v) is 9.84. The molecular formula is C21H23F2N5O4. The number of nitrogen functional groups attached to an aromatic ring is 1. The Bertz CT molecular complexity index is 1030. The minimum absolute atomic E-state index is 0.105. The molecule has 1 aliphatic rings. The van der Waals surface area contributed by atoms with E-state index in [-0.39, 0.29) is 42.5 Å². The number of nitrogens with zero attached hydrogens (tertiary/aromatic N) is 3. The van der Waals surface area contributed by atoms with Gasteiger partial charge in [-0.3, -0.25) is 9.63 Å². The summed E-state index contributed by atoms with van der Waals surface area (Å²) >= 11 is 0. The first kappa shape index (κ1) is 23.3. The summed E-state index contributed by atoms with van der Waals surface area (Å²) in [7, 11) is 0. The van der Waals surface area contributed by atoms with Gasteiger partial charge in [0.1, 0.15) is 24.1 Å². The molecule has 9 nitrogen and oxygen atoms in total. The molecule has 3 rings (SSSR count). The second kappa shape index (κ2) is 9.42. The normalized spacial score (nSPS) is 18.0. The molecule has 1 aromatic carbocycles. The third-order valence-electron chi connectivity index (χ3n) is 4.74. The highest BCUT2D eigenvalue weighted by molar-refractivity contribution is 6.00. The molecule has 0 saturated heterocycles. The summed E-state index contributed by atoms with van der Waals surface area (Å²) in [6.07, 6.45) is -2.80. The summed E-state index contributed by atoms with van der Waals surface area (Å²) in [6.45, 7) is 2.78. The Hall–Kier alpha value is -3.36. The molecule has 1 fully saturated rings. The zero-order valence-electron chi connectivity index (χ0n) is 17.5. The Morgan fingerprint density at radius 1 is 1.41 bits per heavy atom. The largest absolute Gasteiger partial charge is 0.474 e. The molecule has 1 saturated carbocycles. The number of hydroxylamine groups is 1. The van der Waals surface area contributed by atoms with Crippen molar-refractivity contribution < 1.29 is 28.3 Å². The molecule has 4 N–H and O–H groups in total. The molecule has 0 unspecified atom stereocenters. The summed E-state index contributed by atoms with van der Waals surface area (Å²) < 4.78 is 31.4. The lowest BCUT2D eigenvalue weighted by Crippen LogP contribution is -2.38. The van der Waals surface area contributed by atoms with Crippen LogP contribution in [0.4, 0.5) is 14.6 Å². The van der Waals surface area contributed by atoms with Crippen molar-refractivity contribution in [3.8, 4) is 23.3 Å². The van der Waals surface area contributed by atoms with Crippen LogP contribution in [0.5, 0.6) is 5.88 Å². The van der Waals surface area contributed by atoms with Gasteiger partial charge in [0.25, 0.3) is 5.91 Å². The van der Waals surface area contributed by atoms with Gasteiger partial charge in [0, 0.05) is 11.5 Å². The van der Waals surface area contributed by atoms with E-state index in [2.05, 4.69) is 15.4 Å². The summed E-state index contributed by atoms with van der Waals surface area (Å²) in [5.41, 5.74) is 7.58. The molecule has 0 radical (unpaired) electrons. The van der Waals surface area contributed by atoms with E-state index >= 15 is 0 Å². The van der Waals surface area contributed by atoms with E-state index in [1.54, 1.807) is 24.3 Å². The molecular weight excluding hydrogens is 424 g/mol. The molecule has 0 aliphatic heterocycles. The van der Waals surface area contributed by atoms with E-state index in [0.717, 1.165) is 0 Å². The maximum absolute atomic E-state index is 12.8. The van der Waals surface area contributed by atoms with Gasteiger partial charge in [-0.25, -0.2) is 19.2 Å². The predicted octanol–water partition coefficient (Wildman–Crippen LogP) is 2.45. The summed E-state index contributed by atoms with van der Waals surface area (Å²) in [5, 5.41) is 18.8. The summed E-state index contributed by atoms with van der Waals surface area (Å²) in [4.78, 5) is 26.1. The van der Waals surface area contributed by atoms with Crippen molar-refractivity contribution in [2.24, 2.45) is 5.92 Å². The van der Waals surface area contributed by atoms with Crippen molar-refractivity contribution in [2.75, 3.05) is 12.3 Å². The van der Waals surface area contributed by atoms with E-state index < -0.39 is 30.0 Å². The number of aromatic nitrogens is 2. The van der Waals surface area contributed by atoms with Gasteiger partial charge < -0.3 is 15.6 Å². The molecule has 0 atom stereocenters. The Morgan fingerprint density at radius 3 is 2.75 bits per heavy atom. The van der Waals surface area contributed by atoms with Crippen molar-refractivity contribution in [3.63, 3.8) is 0 Å². The molecule has 1 aliphatic carbocycles. The Morgan fingerprint density at radius 2 is 2.12 bits per heavy atom. The van der Waals surface area contributed by atoms with Crippen LogP contribution in [-0.2, 0) is 4.84 Å². The number of rotatable bonds is 8. The van der Waals surface area contributed by atoms with Crippen LogP contribution in [-0.4, -0.2) is 45.7 Å². The van der Waals surface area contributed by atoms with Gasteiger partial charge >= 0.3 is 0 Å². The minimum atomic E-state index is -2.45. The number of alkyl halides is 2. The topological polar surface area (TPSA) is 143 Å². The lowest BCUT2D eigenvalue weighted by molar-refractivity contribution is -0.0527. The van der Waals surface area contributed by atoms with E-state index in [9.17, 15) is 18.7 Å². The number of halogens is 2. The van der Waals surface area contributed by atoms with Gasteiger partial charge in [-0.2, -0.15) is 10.2 Å². The maximum Gasteiger partial charge on any atom is 0.284 e. The van der Waals surface area contributed by atoms with Crippen molar-refractivity contribution in [3.05, 3.63) is 35.4 Å². The number of carbonyl (C=O) groups excluding carboxylic acids is 1. The first-order chi connectivity index (χ1) is 15.1. The number of nitriles is 1. The van der Waals surface area contributed by atoms with Crippen molar-refractivity contribution in [1.29, 1.82) is 5.26 Å². The monoisotopic (exact) mass is 447 g/mol. The number of ether oxygens (including phenoxy) is 1. The second-order valence-corrected chi connectivity index (χ2v) is 8.14. The van der Waals surface area contributed by atoms with Gasteiger partial charge in [-0.05, 0) is 38.8 Å². The third kappa shape index (κ3) is 5.66.